The molecule has 0 saturated heterocycles. The fourth-order valence-electron chi connectivity index (χ4n) is 3.49. The predicted molar refractivity (Wildman–Crippen MR) is 117 cm³/mol. The summed E-state index contributed by atoms with van der Waals surface area (Å²) in [6.07, 6.45) is 2.94. The van der Waals surface area contributed by atoms with Crippen LogP contribution in [-0.2, 0) is 11.2 Å². The van der Waals surface area contributed by atoms with E-state index in [4.69, 9.17) is 4.74 Å². The molecule has 1 heterocycles. The van der Waals surface area contributed by atoms with E-state index in [2.05, 4.69) is 12.2 Å². The van der Waals surface area contributed by atoms with Gasteiger partial charge in [0.15, 0.2) is 0 Å². The molecular weight excluding hydrogens is 364 g/mol. The van der Waals surface area contributed by atoms with Gasteiger partial charge in [0.05, 0.1) is 11.1 Å². The van der Waals surface area contributed by atoms with Crippen LogP contribution in [0.2, 0.25) is 0 Å². The highest BCUT2D eigenvalue weighted by molar-refractivity contribution is 6.05. The molecule has 0 atom stereocenters. The molecule has 0 aliphatic carbocycles. The number of carbonyl (C=O) groups excluding carboxylic acids is 2. The molecule has 0 saturated carbocycles. The molecule has 0 unspecified atom stereocenters. The lowest BCUT2D eigenvalue weighted by molar-refractivity contribution is -0.127. The lowest BCUT2D eigenvalue weighted by Gasteiger charge is -2.27. The van der Waals surface area contributed by atoms with Gasteiger partial charge in [-0.3, -0.25) is 9.59 Å². The molecular formula is C24H30N2O3. The summed E-state index contributed by atoms with van der Waals surface area (Å²) >= 11 is 0. The summed E-state index contributed by atoms with van der Waals surface area (Å²) in [4.78, 5) is 27.3. The van der Waals surface area contributed by atoms with Crippen LogP contribution in [0, 0.1) is 5.41 Å². The minimum absolute atomic E-state index is 0.0575. The van der Waals surface area contributed by atoms with E-state index in [1.807, 2.05) is 57.2 Å². The van der Waals surface area contributed by atoms with E-state index in [0.29, 0.717) is 30.2 Å². The number of ether oxygens (including phenoxy) is 1. The van der Waals surface area contributed by atoms with Crippen LogP contribution in [-0.4, -0.2) is 25.0 Å². The second kappa shape index (κ2) is 8.68. The quantitative estimate of drug-likeness (QED) is 0.746. The maximum Gasteiger partial charge on any atom is 0.255 e. The molecule has 2 aromatic carbocycles. The fourth-order valence-corrected chi connectivity index (χ4v) is 3.49. The van der Waals surface area contributed by atoms with E-state index in [1.165, 1.54) is 5.56 Å². The Morgan fingerprint density at radius 2 is 1.83 bits per heavy atom. The van der Waals surface area contributed by atoms with Crippen LogP contribution in [0.25, 0.3) is 0 Å². The minimum atomic E-state index is -0.599. The Morgan fingerprint density at radius 1 is 1.10 bits per heavy atom. The van der Waals surface area contributed by atoms with Crippen molar-refractivity contribution in [2.75, 3.05) is 23.4 Å². The zero-order valence-electron chi connectivity index (χ0n) is 17.7. The molecule has 1 N–H and O–H groups in total. The number of carbonyl (C=O) groups is 2. The van der Waals surface area contributed by atoms with Crippen LogP contribution < -0.4 is 15.0 Å². The van der Waals surface area contributed by atoms with Crippen molar-refractivity contribution in [3.8, 4) is 5.75 Å². The Kier molecular flexibility index (Phi) is 6.26. The summed E-state index contributed by atoms with van der Waals surface area (Å²) in [5, 5.41) is 2.94. The first-order chi connectivity index (χ1) is 13.9. The van der Waals surface area contributed by atoms with Crippen molar-refractivity contribution in [1.29, 1.82) is 0 Å². The standard InChI is InChI=1S/C24H30N2O3/c1-5-7-17-8-10-18(11-9-17)22(27)25-19-12-13-20-21(15-19)29-16-24(3,4)23(28)26(20)14-6-2/h8-13,15H,5-7,14,16H2,1-4H3,(H,25,27). The molecule has 2 amide bonds. The fraction of sp³-hybridized carbons (Fsp3) is 0.417. The molecule has 1 aliphatic heterocycles. The van der Waals surface area contributed by atoms with Gasteiger partial charge < -0.3 is 15.0 Å². The van der Waals surface area contributed by atoms with E-state index >= 15 is 0 Å². The first-order valence-electron chi connectivity index (χ1n) is 10.3. The van der Waals surface area contributed by atoms with Crippen molar-refractivity contribution in [2.45, 2.75) is 47.0 Å². The maximum atomic E-state index is 12.9. The number of nitrogens with one attached hydrogen (secondary N) is 1. The van der Waals surface area contributed by atoms with E-state index in [-0.39, 0.29) is 11.8 Å². The van der Waals surface area contributed by atoms with Crippen molar-refractivity contribution in [3.05, 3.63) is 53.6 Å². The number of benzene rings is 2. The van der Waals surface area contributed by atoms with Crippen molar-refractivity contribution >= 4 is 23.2 Å². The highest BCUT2D eigenvalue weighted by atomic mass is 16.5. The highest BCUT2D eigenvalue weighted by Gasteiger charge is 2.37. The third-order valence-electron chi connectivity index (χ3n) is 5.12. The summed E-state index contributed by atoms with van der Waals surface area (Å²) in [5.74, 6) is 0.513. The monoisotopic (exact) mass is 394 g/mol. The smallest absolute Gasteiger partial charge is 0.255 e. The molecule has 5 nitrogen and oxygen atoms in total. The minimum Gasteiger partial charge on any atom is -0.490 e. The third-order valence-corrected chi connectivity index (χ3v) is 5.12. The summed E-state index contributed by atoms with van der Waals surface area (Å²) < 4.78 is 5.97. The Bertz CT molecular complexity index is 887. The molecule has 154 valence electrons. The average molecular weight is 395 g/mol. The second-order valence-corrected chi connectivity index (χ2v) is 8.21. The van der Waals surface area contributed by atoms with Crippen LogP contribution >= 0.6 is 0 Å². The number of anilines is 2. The van der Waals surface area contributed by atoms with E-state index in [9.17, 15) is 9.59 Å². The number of nitrogens with zero attached hydrogens (tertiary/aromatic N) is 1. The summed E-state index contributed by atoms with van der Waals surface area (Å²) in [7, 11) is 0. The molecule has 1 aliphatic rings. The lowest BCUT2D eigenvalue weighted by Crippen LogP contribution is -2.42. The molecule has 0 bridgehead atoms. The maximum absolute atomic E-state index is 12.9. The predicted octanol–water partition coefficient (Wildman–Crippen LogP) is 5.05. The molecule has 5 heteroatoms. The van der Waals surface area contributed by atoms with E-state index in [1.54, 1.807) is 11.0 Å². The molecule has 2 aromatic rings. The number of fused-ring (bicyclic) bond motifs is 1. The van der Waals surface area contributed by atoms with Crippen molar-refractivity contribution in [3.63, 3.8) is 0 Å². The molecule has 0 fully saturated rings. The molecule has 3 rings (SSSR count). The zero-order chi connectivity index (χ0) is 21.0. The van der Waals surface area contributed by atoms with Gasteiger partial charge in [0.25, 0.3) is 5.91 Å². The Labute approximate surface area is 173 Å². The van der Waals surface area contributed by atoms with Gasteiger partial charge in [-0.25, -0.2) is 0 Å². The number of hydrogen-bond acceptors (Lipinski definition) is 3. The van der Waals surface area contributed by atoms with Gasteiger partial charge in [-0.1, -0.05) is 32.4 Å². The Morgan fingerprint density at radius 3 is 2.48 bits per heavy atom. The average Bonchev–Trinajstić information content (AvgIpc) is 2.79. The Balaban J connectivity index is 1.82. The third kappa shape index (κ3) is 4.61. The van der Waals surface area contributed by atoms with Gasteiger partial charge in [0.2, 0.25) is 5.91 Å². The van der Waals surface area contributed by atoms with Crippen LogP contribution in [0.5, 0.6) is 5.75 Å². The van der Waals surface area contributed by atoms with Crippen LogP contribution in [0.15, 0.2) is 42.5 Å². The van der Waals surface area contributed by atoms with Gasteiger partial charge in [-0.15, -0.1) is 0 Å². The number of aryl methyl sites for hydroxylation is 1. The molecule has 0 spiro atoms. The van der Waals surface area contributed by atoms with Crippen molar-refractivity contribution in [1.82, 2.24) is 0 Å². The Hall–Kier alpha value is -2.82. The van der Waals surface area contributed by atoms with E-state index in [0.717, 1.165) is 24.9 Å². The van der Waals surface area contributed by atoms with Crippen molar-refractivity contribution in [2.24, 2.45) is 5.41 Å². The number of rotatable bonds is 6. The second-order valence-electron chi connectivity index (χ2n) is 8.21. The first-order valence-corrected chi connectivity index (χ1v) is 10.3. The first kappa shape index (κ1) is 20.9. The molecule has 29 heavy (non-hydrogen) atoms. The molecule has 0 aromatic heterocycles. The van der Waals surface area contributed by atoms with Gasteiger partial charge in [0.1, 0.15) is 12.4 Å². The van der Waals surface area contributed by atoms with Gasteiger partial charge in [-0.05, 0) is 56.5 Å². The largest absolute Gasteiger partial charge is 0.490 e. The normalized spacial score (nSPS) is 15.3. The van der Waals surface area contributed by atoms with Crippen LogP contribution in [0.3, 0.4) is 0 Å². The van der Waals surface area contributed by atoms with Crippen molar-refractivity contribution < 1.29 is 14.3 Å². The highest BCUT2D eigenvalue weighted by Crippen LogP contribution is 2.38. The summed E-state index contributed by atoms with van der Waals surface area (Å²) in [5.41, 5.74) is 2.65. The number of amides is 2. The molecule has 0 radical (unpaired) electrons. The lowest BCUT2D eigenvalue weighted by atomic mass is 9.93. The van der Waals surface area contributed by atoms with Crippen LogP contribution in [0.4, 0.5) is 11.4 Å². The SMILES string of the molecule is CCCc1ccc(C(=O)Nc2ccc3c(c2)OCC(C)(C)C(=O)N3CCC)cc1. The summed E-state index contributed by atoms with van der Waals surface area (Å²) in [6, 6.07) is 13.2. The van der Waals surface area contributed by atoms with E-state index < -0.39 is 5.41 Å². The topological polar surface area (TPSA) is 58.6 Å². The van der Waals surface area contributed by atoms with Gasteiger partial charge >= 0.3 is 0 Å². The summed E-state index contributed by atoms with van der Waals surface area (Å²) in [6.45, 7) is 8.91. The van der Waals surface area contributed by atoms with Crippen LogP contribution in [0.1, 0.15) is 56.5 Å². The van der Waals surface area contributed by atoms with Gasteiger partial charge in [-0.2, -0.15) is 0 Å². The number of hydrogen-bond donors (Lipinski definition) is 1. The zero-order valence-corrected chi connectivity index (χ0v) is 17.7. The van der Waals surface area contributed by atoms with Gasteiger partial charge in [0, 0.05) is 23.9 Å².